The Morgan fingerprint density at radius 2 is 1.89 bits per heavy atom. The summed E-state index contributed by atoms with van der Waals surface area (Å²) < 4.78 is 5.69. The number of ketones is 1. The standard InChI is InChI=1S/C17H20O2/c1-17(2)9-7-12(8-10-17)16(18)15-11-13-5-3-4-6-14(13)19-15/h3-6,11-12H,7-10H2,1-2H3. The minimum Gasteiger partial charge on any atom is -0.453 e. The molecule has 0 atom stereocenters. The van der Waals surface area contributed by atoms with Crippen LogP contribution in [0.1, 0.15) is 50.1 Å². The Morgan fingerprint density at radius 1 is 1.21 bits per heavy atom. The van der Waals surface area contributed by atoms with Crippen LogP contribution in [0.5, 0.6) is 0 Å². The third-order valence-electron chi connectivity index (χ3n) is 4.38. The topological polar surface area (TPSA) is 30.2 Å². The average Bonchev–Trinajstić information content (AvgIpc) is 2.81. The maximum atomic E-state index is 12.5. The van der Waals surface area contributed by atoms with E-state index in [-0.39, 0.29) is 11.7 Å². The fraction of sp³-hybridized carbons (Fsp3) is 0.471. The lowest BCUT2D eigenvalue weighted by Gasteiger charge is -2.33. The van der Waals surface area contributed by atoms with Crippen molar-refractivity contribution in [2.24, 2.45) is 11.3 Å². The van der Waals surface area contributed by atoms with Gasteiger partial charge >= 0.3 is 0 Å². The molecule has 1 aliphatic carbocycles. The first-order chi connectivity index (χ1) is 9.05. The summed E-state index contributed by atoms with van der Waals surface area (Å²) in [6, 6.07) is 9.69. The summed E-state index contributed by atoms with van der Waals surface area (Å²) in [5.41, 5.74) is 1.20. The van der Waals surface area contributed by atoms with Gasteiger partial charge in [0.15, 0.2) is 5.76 Å². The maximum Gasteiger partial charge on any atom is 0.201 e. The van der Waals surface area contributed by atoms with Gasteiger partial charge in [0.2, 0.25) is 5.78 Å². The summed E-state index contributed by atoms with van der Waals surface area (Å²) in [6.45, 7) is 4.57. The molecule has 3 rings (SSSR count). The highest BCUT2D eigenvalue weighted by molar-refractivity contribution is 5.99. The van der Waals surface area contributed by atoms with Crippen molar-refractivity contribution in [3.63, 3.8) is 0 Å². The molecule has 0 N–H and O–H groups in total. The fourth-order valence-corrected chi connectivity index (χ4v) is 2.97. The lowest BCUT2D eigenvalue weighted by atomic mass is 9.72. The molecule has 19 heavy (non-hydrogen) atoms. The molecule has 0 saturated heterocycles. The van der Waals surface area contributed by atoms with E-state index in [1.807, 2.05) is 30.3 Å². The Kier molecular flexibility index (Phi) is 2.96. The third kappa shape index (κ3) is 2.44. The molecule has 1 heterocycles. The van der Waals surface area contributed by atoms with Crippen molar-refractivity contribution in [3.8, 4) is 0 Å². The quantitative estimate of drug-likeness (QED) is 0.720. The predicted octanol–water partition coefficient (Wildman–Crippen LogP) is 4.83. The summed E-state index contributed by atoms with van der Waals surface area (Å²) in [6.07, 6.45) is 4.24. The molecule has 0 unspecified atom stereocenters. The molecule has 0 radical (unpaired) electrons. The lowest BCUT2D eigenvalue weighted by molar-refractivity contribution is 0.0811. The molecule has 0 spiro atoms. The summed E-state index contributed by atoms with van der Waals surface area (Å²) in [5.74, 6) is 0.867. The zero-order valence-corrected chi connectivity index (χ0v) is 11.6. The zero-order valence-electron chi connectivity index (χ0n) is 11.6. The van der Waals surface area contributed by atoms with Crippen LogP contribution in [-0.2, 0) is 0 Å². The van der Waals surface area contributed by atoms with Gasteiger partial charge in [-0.15, -0.1) is 0 Å². The van der Waals surface area contributed by atoms with Crippen molar-refractivity contribution < 1.29 is 9.21 Å². The van der Waals surface area contributed by atoms with Crippen molar-refractivity contribution >= 4 is 16.8 Å². The second kappa shape index (κ2) is 4.52. The Bertz CT molecular complexity index is 564. The molecule has 1 aromatic heterocycles. The number of para-hydroxylation sites is 1. The number of carbonyl (C=O) groups excluding carboxylic acids is 1. The van der Waals surface area contributed by atoms with Gasteiger partial charge < -0.3 is 4.42 Å². The number of hydrogen-bond donors (Lipinski definition) is 0. The predicted molar refractivity (Wildman–Crippen MR) is 76.3 cm³/mol. The average molecular weight is 256 g/mol. The van der Waals surface area contributed by atoms with Crippen LogP contribution in [0.4, 0.5) is 0 Å². The molecule has 1 saturated carbocycles. The van der Waals surface area contributed by atoms with E-state index in [1.54, 1.807) is 0 Å². The van der Waals surface area contributed by atoms with Crippen molar-refractivity contribution in [1.82, 2.24) is 0 Å². The van der Waals surface area contributed by atoms with E-state index in [9.17, 15) is 4.79 Å². The summed E-state index contributed by atoms with van der Waals surface area (Å²) in [5, 5.41) is 1.02. The molecule has 100 valence electrons. The number of benzene rings is 1. The highest BCUT2D eigenvalue weighted by Crippen LogP contribution is 2.39. The van der Waals surface area contributed by atoms with Crippen LogP contribution in [0.3, 0.4) is 0 Å². The summed E-state index contributed by atoms with van der Waals surface area (Å²) >= 11 is 0. The second-order valence-electron chi connectivity index (χ2n) is 6.45. The van der Waals surface area contributed by atoms with Crippen LogP contribution in [-0.4, -0.2) is 5.78 Å². The zero-order chi connectivity index (χ0) is 13.5. The van der Waals surface area contributed by atoms with Crippen LogP contribution >= 0.6 is 0 Å². The van der Waals surface area contributed by atoms with E-state index in [0.29, 0.717) is 11.2 Å². The minimum atomic E-state index is 0.147. The highest BCUT2D eigenvalue weighted by Gasteiger charge is 2.32. The Labute approximate surface area is 113 Å². The maximum absolute atomic E-state index is 12.5. The van der Waals surface area contributed by atoms with Crippen LogP contribution in [0.2, 0.25) is 0 Å². The van der Waals surface area contributed by atoms with Crippen molar-refractivity contribution in [3.05, 3.63) is 36.1 Å². The molecule has 0 aliphatic heterocycles. The van der Waals surface area contributed by atoms with Crippen molar-refractivity contribution in [2.75, 3.05) is 0 Å². The lowest BCUT2D eigenvalue weighted by Crippen LogP contribution is -2.26. The second-order valence-corrected chi connectivity index (χ2v) is 6.45. The van der Waals surface area contributed by atoms with E-state index in [0.717, 1.165) is 36.7 Å². The van der Waals surface area contributed by atoms with Gasteiger partial charge in [-0.2, -0.15) is 0 Å². The fourth-order valence-electron chi connectivity index (χ4n) is 2.97. The molecular formula is C17H20O2. The van der Waals surface area contributed by atoms with Crippen molar-refractivity contribution in [2.45, 2.75) is 39.5 Å². The third-order valence-corrected chi connectivity index (χ3v) is 4.38. The van der Waals surface area contributed by atoms with E-state index in [2.05, 4.69) is 13.8 Å². The van der Waals surface area contributed by atoms with Crippen LogP contribution in [0, 0.1) is 11.3 Å². The molecule has 1 aromatic carbocycles. The summed E-state index contributed by atoms with van der Waals surface area (Å²) in [7, 11) is 0. The Balaban J connectivity index is 1.80. The molecule has 1 aliphatic rings. The van der Waals surface area contributed by atoms with Gasteiger partial charge in [0.1, 0.15) is 5.58 Å². The Hall–Kier alpha value is -1.57. The highest BCUT2D eigenvalue weighted by atomic mass is 16.3. The normalized spacial score (nSPS) is 19.7. The molecule has 0 amide bonds. The number of hydrogen-bond acceptors (Lipinski definition) is 2. The van der Waals surface area contributed by atoms with Gasteiger partial charge in [0.05, 0.1) is 0 Å². The van der Waals surface area contributed by atoms with Gasteiger partial charge in [0, 0.05) is 11.3 Å². The van der Waals surface area contributed by atoms with E-state index in [1.165, 1.54) is 0 Å². The molecule has 0 bridgehead atoms. The number of carbonyl (C=O) groups is 1. The molecule has 2 heteroatoms. The molecule has 2 aromatic rings. The summed E-state index contributed by atoms with van der Waals surface area (Å²) in [4.78, 5) is 12.5. The number of rotatable bonds is 2. The van der Waals surface area contributed by atoms with Gasteiger partial charge in [-0.05, 0) is 43.2 Å². The first-order valence-corrected chi connectivity index (χ1v) is 7.08. The smallest absolute Gasteiger partial charge is 0.201 e. The largest absolute Gasteiger partial charge is 0.453 e. The van der Waals surface area contributed by atoms with Gasteiger partial charge in [0.25, 0.3) is 0 Å². The van der Waals surface area contributed by atoms with Gasteiger partial charge in [-0.3, -0.25) is 4.79 Å². The van der Waals surface area contributed by atoms with E-state index in [4.69, 9.17) is 4.42 Å². The first-order valence-electron chi connectivity index (χ1n) is 7.08. The van der Waals surface area contributed by atoms with Crippen LogP contribution < -0.4 is 0 Å². The molecule has 1 fully saturated rings. The Morgan fingerprint density at radius 3 is 2.58 bits per heavy atom. The molecular weight excluding hydrogens is 236 g/mol. The van der Waals surface area contributed by atoms with E-state index >= 15 is 0 Å². The van der Waals surface area contributed by atoms with Crippen LogP contribution in [0.15, 0.2) is 34.7 Å². The number of furan rings is 1. The number of Topliss-reactive ketones (excluding diaryl/α,β-unsaturated/α-hetero) is 1. The van der Waals surface area contributed by atoms with Gasteiger partial charge in [-0.25, -0.2) is 0 Å². The first kappa shape index (κ1) is 12.5. The van der Waals surface area contributed by atoms with Gasteiger partial charge in [-0.1, -0.05) is 32.0 Å². The van der Waals surface area contributed by atoms with Crippen LogP contribution in [0.25, 0.3) is 11.0 Å². The number of fused-ring (bicyclic) bond motifs is 1. The SMILES string of the molecule is CC1(C)CCC(C(=O)c2cc3ccccc3o2)CC1. The monoisotopic (exact) mass is 256 g/mol. The van der Waals surface area contributed by atoms with E-state index < -0.39 is 0 Å². The van der Waals surface area contributed by atoms with Crippen molar-refractivity contribution in [1.29, 1.82) is 0 Å². The molecule has 2 nitrogen and oxygen atoms in total. The minimum absolute atomic E-state index is 0.147.